The lowest BCUT2D eigenvalue weighted by molar-refractivity contribution is 0.147. The molecule has 2 rings (SSSR count). The third-order valence-electron chi connectivity index (χ3n) is 3.99. The molecule has 4 nitrogen and oxygen atoms in total. The summed E-state index contributed by atoms with van der Waals surface area (Å²) in [5, 5.41) is 3.65. The van der Waals surface area contributed by atoms with Crippen molar-refractivity contribution in [2.75, 3.05) is 33.4 Å². The van der Waals surface area contributed by atoms with E-state index in [9.17, 15) is 0 Å². The zero-order valence-electron chi connectivity index (χ0n) is 12.7. The summed E-state index contributed by atoms with van der Waals surface area (Å²) in [5.74, 6) is 0. The molecule has 112 valence electrons. The minimum absolute atomic E-state index is 0.452. The van der Waals surface area contributed by atoms with Gasteiger partial charge in [-0.15, -0.1) is 0 Å². The van der Waals surface area contributed by atoms with Crippen molar-refractivity contribution < 1.29 is 4.74 Å². The lowest BCUT2D eigenvalue weighted by Gasteiger charge is -2.33. The van der Waals surface area contributed by atoms with E-state index in [0.717, 1.165) is 19.6 Å². The van der Waals surface area contributed by atoms with Gasteiger partial charge in [-0.25, -0.2) is 0 Å². The van der Waals surface area contributed by atoms with Gasteiger partial charge in [0.05, 0.1) is 6.61 Å². The first-order chi connectivity index (χ1) is 9.78. The monoisotopic (exact) mass is 277 g/mol. The van der Waals surface area contributed by atoms with Crippen molar-refractivity contribution in [2.24, 2.45) is 0 Å². The second-order valence-corrected chi connectivity index (χ2v) is 5.74. The Morgan fingerprint density at radius 1 is 1.35 bits per heavy atom. The van der Waals surface area contributed by atoms with Crippen molar-refractivity contribution in [3.05, 3.63) is 30.1 Å². The number of hydrogen-bond donors (Lipinski definition) is 1. The van der Waals surface area contributed by atoms with E-state index >= 15 is 0 Å². The number of nitrogens with one attached hydrogen (secondary N) is 1. The molecule has 0 amide bonds. The summed E-state index contributed by atoms with van der Waals surface area (Å²) in [6.45, 7) is 6.54. The van der Waals surface area contributed by atoms with Gasteiger partial charge in [-0.3, -0.25) is 4.98 Å². The van der Waals surface area contributed by atoms with Crippen LogP contribution in [0.25, 0.3) is 0 Å². The van der Waals surface area contributed by atoms with Gasteiger partial charge in [0.2, 0.25) is 0 Å². The largest absolute Gasteiger partial charge is 0.383 e. The number of pyridine rings is 1. The van der Waals surface area contributed by atoms with E-state index in [2.05, 4.69) is 34.3 Å². The van der Waals surface area contributed by atoms with Gasteiger partial charge in [0, 0.05) is 38.1 Å². The van der Waals surface area contributed by atoms with Crippen LogP contribution in [0, 0.1) is 0 Å². The molecule has 0 aliphatic carbocycles. The SMILES string of the molecule is COC[C@@H](C)NC1CCN(CCc2ccncc2)CC1. The maximum atomic E-state index is 5.18. The van der Waals surface area contributed by atoms with Crippen molar-refractivity contribution in [3.8, 4) is 0 Å². The molecular weight excluding hydrogens is 250 g/mol. The first-order valence-corrected chi connectivity index (χ1v) is 7.64. The summed E-state index contributed by atoms with van der Waals surface area (Å²) in [6, 6.07) is 5.33. The molecule has 0 unspecified atom stereocenters. The highest BCUT2D eigenvalue weighted by Crippen LogP contribution is 2.12. The van der Waals surface area contributed by atoms with Crippen LogP contribution < -0.4 is 5.32 Å². The van der Waals surface area contributed by atoms with Crippen LogP contribution in [0.15, 0.2) is 24.5 Å². The van der Waals surface area contributed by atoms with Gasteiger partial charge in [-0.05, 0) is 57.0 Å². The molecule has 0 spiro atoms. The van der Waals surface area contributed by atoms with Gasteiger partial charge < -0.3 is 15.0 Å². The maximum Gasteiger partial charge on any atom is 0.0613 e. The average Bonchev–Trinajstić information content (AvgIpc) is 2.48. The summed E-state index contributed by atoms with van der Waals surface area (Å²) < 4.78 is 5.18. The highest BCUT2D eigenvalue weighted by atomic mass is 16.5. The second-order valence-electron chi connectivity index (χ2n) is 5.74. The first kappa shape index (κ1) is 15.4. The third kappa shape index (κ3) is 5.19. The Bertz CT molecular complexity index is 363. The average molecular weight is 277 g/mol. The molecule has 0 saturated carbocycles. The molecule has 20 heavy (non-hydrogen) atoms. The zero-order valence-corrected chi connectivity index (χ0v) is 12.7. The number of rotatable bonds is 7. The molecule has 0 radical (unpaired) electrons. The molecule has 1 atom stereocenters. The maximum absolute atomic E-state index is 5.18. The van der Waals surface area contributed by atoms with E-state index in [1.54, 1.807) is 7.11 Å². The highest BCUT2D eigenvalue weighted by Gasteiger charge is 2.19. The zero-order chi connectivity index (χ0) is 14.2. The van der Waals surface area contributed by atoms with E-state index in [1.807, 2.05) is 12.4 Å². The second kappa shape index (κ2) is 8.35. The summed E-state index contributed by atoms with van der Waals surface area (Å²) in [6.07, 6.45) is 7.36. The summed E-state index contributed by atoms with van der Waals surface area (Å²) >= 11 is 0. The third-order valence-corrected chi connectivity index (χ3v) is 3.99. The fourth-order valence-electron chi connectivity index (χ4n) is 2.86. The van der Waals surface area contributed by atoms with Gasteiger partial charge in [0.15, 0.2) is 0 Å². The Morgan fingerprint density at radius 2 is 2.05 bits per heavy atom. The van der Waals surface area contributed by atoms with Crippen LogP contribution >= 0.6 is 0 Å². The normalized spacial score (nSPS) is 19.1. The minimum Gasteiger partial charge on any atom is -0.383 e. The molecule has 1 saturated heterocycles. The predicted molar refractivity (Wildman–Crippen MR) is 81.9 cm³/mol. The molecular formula is C16H27N3O. The number of methoxy groups -OCH3 is 1. The van der Waals surface area contributed by atoms with Crippen molar-refractivity contribution >= 4 is 0 Å². The Balaban J connectivity index is 1.64. The van der Waals surface area contributed by atoms with Crippen LogP contribution in [0.1, 0.15) is 25.3 Å². The first-order valence-electron chi connectivity index (χ1n) is 7.64. The van der Waals surface area contributed by atoms with Crippen LogP contribution in [-0.2, 0) is 11.2 Å². The standard InChI is InChI=1S/C16H27N3O/c1-14(13-20-2)18-16-6-11-19(12-7-16)10-5-15-3-8-17-9-4-15/h3-4,8-9,14,16,18H,5-7,10-13H2,1-2H3/t14-/m1/s1. The Morgan fingerprint density at radius 3 is 2.70 bits per heavy atom. The quantitative estimate of drug-likeness (QED) is 0.823. The molecule has 1 aromatic rings. The molecule has 0 aromatic carbocycles. The molecule has 1 aliphatic heterocycles. The number of hydrogen-bond acceptors (Lipinski definition) is 4. The fraction of sp³-hybridized carbons (Fsp3) is 0.688. The van der Waals surface area contributed by atoms with Gasteiger partial charge in [0.1, 0.15) is 0 Å². The van der Waals surface area contributed by atoms with E-state index in [4.69, 9.17) is 4.74 Å². The summed E-state index contributed by atoms with van der Waals surface area (Å²) in [7, 11) is 1.76. The molecule has 4 heteroatoms. The van der Waals surface area contributed by atoms with Crippen LogP contribution in [-0.4, -0.2) is 55.3 Å². The smallest absolute Gasteiger partial charge is 0.0613 e. The Hall–Kier alpha value is -0.970. The predicted octanol–water partition coefficient (Wildman–Crippen LogP) is 1.71. The van der Waals surface area contributed by atoms with Crippen molar-refractivity contribution in [2.45, 2.75) is 38.3 Å². The minimum atomic E-state index is 0.452. The molecule has 1 aromatic heterocycles. The summed E-state index contributed by atoms with van der Waals surface area (Å²) in [4.78, 5) is 6.63. The van der Waals surface area contributed by atoms with Crippen molar-refractivity contribution in [1.82, 2.24) is 15.2 Å². The van der Waals surface area contributed by atoms with Gasteiger partial charge >= 0.3 is 0 Å². The molecule has 1 aliphatic rings. The van der Waals surface area contributed by atoms with E-state index < -0.39 is 0 Å². The highest BCUT2D eigenvalue weighted by molar-refractivity contribution is 5.09. The lowest BCUT2D eigenvalue weighted by atomic mass is 10.0. The number of ether oxygens (including phenoxy) is 1. The van der Waals surface area contributed by atoms with E-state index in [1.165, 1.54) is 31.5 Å². The van der Waals surface area contributed by atoms with Gasteiger partial charge in [0.25, 0.3) is 0 Å². The van der Waals surface area contributed by atoms with Gasteiger partial charge in [-0.1, -0.05) is 0 Å². The molecule has 0 bridgehead atoms. The van der Waals surface area contributed by atoms with Crippen LogP contribution in [0.3, 0.4) is 0 Å². The Labute approximate surface area is 122 Å². The van der Waals surface area contributed by atoms with Crippen LogP contribution in [0.5, 0.6) is 0 Å². The van der Waals surface area contributed by atoms with Crippen LogP contribution in [0.2, 0.25) is 0 Å². The van der Waals surface area contributed by atoms with Crippen molar-refractivity contribution in [1.29, 1.82) is 0 Å². The van der Waals surface area contributed by atoms with Gasteiger partial charge in [-0.2, -0.15) is 0 Å². The van der Waals surface area contributed by atoms with Crippen LogP contribution in [0.4, 0.5) is 0 Å². The molecule has 1 fully saturated rings. The molecule has 1 N–H and O–H groups in total. The lowest BCUT2D eigenvalue weighted by Crippen LogP contribution is -2.46. The number of likely N-dealkylation sites (tertiary alicyclic amines) is 1. The number of piperidine rings is 1. The van der Waals surface area contributed by atoms with E-state index in [-0.39, 0.29) is 0 Å². The number of aromatic nitrogens is 1. The molecule has 2 heterocycles. The fourth-order valence-corrected chi connectivity index (χ4v) is 2.86. The summed E-state index contributed by atoms with van der Waals surface area (Å²) in [5.41, 5.74) is 1.38. The topological polar surface area (TPSA) is 37.4 Å². The van der Waals surface area contributed by atoms with Crippen molar-refractivity contribution in [3.63, 3.8) is 0 Å². The Kier molecular flexibility index (Phi) is 6.43. The van der Waals surface area contributed by atoms with E-state index in [0.29, 0.717) is 12.1 Å². The number of nitrogens with zero attached hydrogens (tertiary/aromatic N) is 2.